The number of Topliss-reactive ketones (excluding diaryl/α,β-unsaturated/α-hetero) is 1. The lowest BCUT2D eigenvalue weighted by atomic mass is 9.60. The summed E-state index contributed by atoms with van der Waals surface area (Å²) >= 11 is 0. The summed E-state index contributed by atoms with van der Waals surface area (Å²) in [6.45, 7) is 4.40. The smallest absolute Gasteiger partial charge is 0.139 e. The quantitative estimate of drug-likeness (QED) is 0.770. The van der Waals surface area contributed by atoms with Crippen LogP contribution in [0.3, 0.4) is 0 Å². The zero-order valence-corrected chi connectivity index (χ0v) is 13.7. The van der Waals surface area contributed by atoms with Crippen LogP contribution in [0.1, 0.15) is 49.3 Å². The van der Waals surface area contributed by atoms with E-state index >= 15 is 0 Å². The number of benzene rings is 1. The standard InChI is InChI=1S/C20H24O2/c1-12-10-14(22-3)11-13-4-5-15-16(19(12)13)8-9-20(2)17(15)6-7-18(20)21/h8,10-11,15,17H,4-7,9H2,1-3H3. The molecule has 2 nitrogen and oxygen atoms in total. The van der Waals surface area contributed by atoms with Crippen molar-refractivity contribution in [2.24, 2.45) is 17.3 Å². The van der Waals surface area contributed by atoms with Gasteiger partial charge in [0.15, 0.2) is 0 Å². The number of rotatable bonds is 1. The van der Waals surface area contributed by atoms with E-state index in [1.54, 1.807) is 7.11 Å². The van der Waals surface area contributed by atoms with Gasteiger partial charge in [0, 0.05) is 11.8 Å². The highest BCUT2D eigenvalue weighted by molar-refractivity contribution is 5.89. The molecule has 0 heterocycles. The Morgan fingerprint density at radius 1 is 1.23 bits per heavy atom. The molecule has 3 aliphatic rings. The largest absolute Gasteiger partial charge is 0.497 e. The Kier molecular flexibility index (Phi) is 3.01. The van der Waals surface area contributed by atoms with E-state index in [2.05, 4.69) is 32.1 Å². The van der Waals surface area contributed by atoms with E-state index in [-0.39, 0.29) is 5.41 Å². The van der Waals surface area contributed by atoms with Crippen LogP contribution in [0.5, 0.6) is 5.75 Å². The second-order valence-corrected chi connectivity index (χ2v) is 7.47. The highest BCUT2D eigenvalue weighted by Gasteiger charge is 2.52. The van der Waals surface area contributed by atoms with E-state index in [0.717, 1.165) is 31.4 Å². The number of hydrogen-bond acceptors (Lipinski definition) is 2. The molecule has 0 amide bonds. The van der Waals surface area contributed by atoms with Gasteiger partial charge in [0.25, 0.3) is 0 Å². The van der Waals surface area contributed by atoms with Crippen molar-refractivity contribution in [3.8, 4) is 5.75 Å². The maximum absolute atomic E-state index is 12.4. The second-order valence-electron chi connectivity index (χ2n) is 7.47. The molecule has 2 heteroatoms. The molecule has 0 bridgehead atoms. The molecule has 1 saturated carbocycles. The van der Waals surface area contributed by atoms with Crippen LogP contribution in [-0.2, 0) is 11.2 Å². The SMILES string of the molecule is COc1cc(C)c2c(c1)CCC1C2=CCC2(C)C(=O)CCC12. The van der Waals surface area contributed by atoms with Gasteiger partial charge in [-0.1, -0.05) is 13.0 Å². The zero-order valence-electron chi connectivity index (χ0n) is 13.7. The minimum absolute atomic E-state index is 0.0912. The lowest BCUT2D eigenvalue weighted by Gasteiger charge is -2.43. The van der Waals surface area contributed by atoms with E-state index in [9.17, 15) is 4.79 Å². The van der Waals surface area contributed by atoms with Crippen molar-refractivity contribution in [2.45, 2.75) is 46.0 Å². The molecule has 0 spiro atoms. The average molecular weight is 296 g/mol. The fourth-order valence-corrected chi connectivity index (χ4v) is 5.21. The number of fused-ring (bicyclic) bond motifs is 5. The summed E-state index contributed by atoms with van der Waals surface area (Å²) in [5.74, 6) is 2.58. The van der Waals surface area contributed by atoms with Gasteiger partial charge in [-0.25, -0.2) is 0 Å². The summed E-state index contributed by atoms with van der Waals surface area (Å²) < 4.78 is 5.43. The Hall–Kier alpha value is -1.57. The molecule has 0 radical (unpaired) electrons. The average Bonchev–Trinajstić information content (AvgIpc) is 2.82. The van der Waals surface area contributed by atoms with Crippen LogP contribution in [0.25, 0.3) is 5.57 Å². The fourth-order valence-electron chi connectivity index (χ4n) is 5.21. The van der Waals surface area contributed by atoms with Crippen LogP contribution in [0.15, 0.2) is 18.2 Å². The minimum Gasteiger partial charge on any atom is -0.497 e. The van der Waals surface area contributed by atoms with Gasteiger partial charge in [0.1, 0.15) is 11.5 Å². The molecule has 0 N–H and O–H groups in total. The molecule has 4 rings (SSSR count). The van der Waals surface area contributed by atoms with E-state index in [1.165, 1.54) is 28.7 Å². The Morgan fingerprint density at radius 2 is 2.05 bits per heavy atom. The lowest BCUT2D eigenvalue weighted by molar-refractivity contribution is -0.126. The van der Waals surface area contributed by atoms with Crippen molar-refractivity contribution < 1.29 is 9.53 Å². The van der Waals surface area contributed by atoms with Crippen LogP contribution in [0.4, 0.5) is 0 Å². The predicted molar refractivity (Wildman–Crippen MR) is 88.0 cm³/mol. The zero-order chi connectivity index (χ0) is 15.5. The number of carbonyl (C=O) groups is 1. The molecular weight excluding hydrogens is 272 g/mol. The Bertz CT molecular complexity index is 685. The lowest BCUT2D eigenvalue weighted by Crippen LogP contribution is -2.38. The first-order valence-electron chi connectivity index (χ1n) is 8.46. The molecule has 0 aromatic heterocycles. The molecule has 0 aliphatic heterocycles. The van der Waals surface area contributed by atoms with Gasteiger partial charge in [0.05, 0.1) is 7.11 Å². The van der Waals surface area contributed by atoms with Gasteiger partial charge in [-0.05, 0) is 78.8 Å². The summed E-state index contributed by atoms with van der Waals surface area (Å²) in [7, 11) is 1.74. The van der Waals surface area contributed by atoms with Gasteiger partial charge >= 0.3 is 0 Å². The van der Waals surface area contributed by atoms with E-state index in [4.69, 9.17) is 4.74 Å². The number of methoxy groups -OCH3 is 1. The number of carbonyl (C=O) groups excluding carboxylic acids is 1. The first-order valence-corrected chi connectivity index (χ1v) is 8.46. The fraction of sp³-hybridized carbons (Fsp3) is 0.550. The second kappa shape index (κ2) is 4.71. The van der Waals surface area contributed by atoms with E-state index in [0.29, 0.717) is 17.6 Å². The molecule has 22 heavy (non-hydrogen) atoms. The highest BCUT2D eigenvalue weighted by atomic mass is 16.5. The van der Waals surface area contributed by atoms with Crippen LogP contribution < -0.4 is 4.74 Å². The van der Waals surface area contributed by atoms with E-state index in [1.807, 2.05) is 0 Å². The van der Waals surface area contributed by atoms with Crippen molar-refractivity contribution in [2.75, 3.05) is 7.11 Å². The van der Waals surface area contributed by atoms with Crippen LogP contribution in [0.2, 0.25) is 0 Å². The first kappa shape index (κ1) is 14.0. The Morgan fingerprint density at radius 3 is 2.82 bits per heavy atom. The molecule has 0 saturated heterocycles. The van der Waals surface area contributed by atoms with Gasteiger partial charge in [-0.15, -0.1) is 0 Å². The van der Waals surface area contributed by atoms with Crippen molar-refractivity contribution in [3.05, 3.63) is 34.9 Å². The summed E-state index contributed by atoms with van der Waals surface area (Å²) in [5.41, 5.74) is 5.61. The van der Waals surface area contributed by atoms with Crippen molar-refractivity contribution in [1.29, 1.82) is 0 Å². The summed E-state index contributed by atoms with van der Waals surface area (Å²) in [6, 6.07) is 4.35. The molecular formula is C20H24O2. The van der Waals surface area contributed by atoms with Gasteiger partial charge in [-0.2, -0.15) is 0 Å². The molecule has 3 aliphatic carbocycles. The molecule has 1 aromatic rings. The van der Waals surface area contributed by atoms with Crippen LogP contribution >= 0.6 is 0 Å². The topological polar surface area (TPSA) is 26.3 Å². The number of hydrogen-bond donors (Lipinski definition) is 0. The van der Waals surface area contributed by atoms with E-state index < -0.39 is 0 Å². The highest BCUT2D eigenvalue weighted by Crippen LogP contribution is 2.57. The van der Waals surface area contributed by atoms with Crippen LogP contribution in [0, 0.1) is 24.2 Å². The maximum atomic E-state index is 12.4. The first-order chi connectivity index (χ1) is 10.5. The normalized spacial score (nSPS) is 32.9. The molecule has 1 fully saturated rings. The summed E-state index contributed by atoms with van der Waals surface area (Å²) in [5, 5.41) is 0. The van der Waals surface area contributed by atoms with Crippen molar-refractivity contribution in [3.63, 3.8) is 0 Å². The Balaban J connectivity index is 1.82. The molecule has 3 atom stereocenters. The third-order valence-electron chi connectivity index (χ3n) is 6.41. The van der Waals surface area contributed by atoms with Crippen LogP contribution in [-0.4, -0.2) is 12.9 Å². The van der Waals surface area contributed by atoms with Gasteiger partial charge in [-0.3, -0.25) is 4.79 Å². The monoisotopic (exact) mass is 296 g/mol. The van der Waals surface area contributed by atoms with Gasteiger partial charge in [0.2, 0.25) is 0 Å². The molecule has 3 unspecified atom stereocenters. The van der Waals surface area contributed by atoms with Crippen molar-refractivity contribution in [1.82, 2.24) is 0 Å². The third-order valence-corrected chi connectivity index (χ3v) is 6.41. The number of ketones is 1. The number of allylic oxidation sites excluding steroid dienone is 2. The van der Waals surface area contributed by atoms with Crippen molar-refractivity contribution >= 4 is 11.4 Å². The number of aryl methyl sites for hydroxylation is 2. The summed E-state index contributed by atoms with van der Waals surface area (Å²) in [4.78, 5) is 12.4. The molecule has 1 aromatic carbocycles. The molecule has 116 valence electrons. The predicted octanol–water partition coefficient (Wildman–Crippen LogP) is 4.34. The van der Waals surface area contributed by atoms with Gasteiger partial charge < -0.3 is 4.74 Å². The summed E-state index contributed by atoms with van der Waals surface area (Å²) in [6.07, 6.45) is 7.46. The maximum Gasteiger partial charge on any atom is 0.139 e. The number of ether oxygens (including phenoxy) is 1. The minimum atomic E-state index is -0.0912. The Labute approximate surface area is 132 Å². The third kappa shape index (κ3) is 1.76.